The number of halogens is 1. The summed E-state index contributed by atoms with van der Waals surface area (Å²) in [5, 5.41) is 9.10. The van der Waals surface area contributed by atoms with Crippen molar-refractivity contribution in [1.29, 1.82) is 5.26 Å². The summed E-state index contributed by atoms with van der Waals surface area (Å²) in [6.45, 7) is 0. The summed E-state index contributed by atoms with van der Waals surface area (Å²) in [5.74, 6) is -0.451. The van der Waals surface area contributed by atoms with Gasteiger partial charge in [0, 0.05) is 17.3 Å². The van der Waals surface area contributed by atoms with Crippen molar-refractivity contribution in [2.75, 3.05) is 4.90 Å². The first-order valence-electron chi connectivity index (χ1n) is 5.69. The molecule has 1 aliphatic heterocycles. The molecule has 5 heteroatoms. The van der Waals surface area contributed by atoms with E-state index in [4.69, 9.17) is 5.26 Å². The Morgan fingerprint density at radius 1 is 1.17 bits per heavy atom. The molecule has 1 fully saturated rings. The van der Waals surface area contributed by atoms with Crippen molar-refractivity contribution in [3.63, 3.8) is 0 Å². The first kappa shape index (κ1) is 12.8. The van der Waals surface area contributed by atoms with Gasteiger partial charge in [0.15, 0.2) is 0 Å². The molecule has 1 aromatic rings. The quantitative estimate of drug-likeness (QED) is 0.750. The van der Waals surface area contributed by atoms with E-state index < -0.39 is 0 Å². The Morgan fingerprint density at radius 2 is 1.78 bits per heavy atom. The van der Waals surface area contributed by atoms with E-state index in [0.29, 0.717) is 24.1 Å². The maximum atomic E-state index is 12.0. The van der Waals surface area contributed by atoms with Crippen LogP contribution in [0.3, 0.4) is 0 Å². The lowest BCUT2D eigenvalue weighted by Crippen LogP contribution is -2.35. The van der Waals surface area contributed by atoms with Gasteiger partial charge in [-0.2, -0.15) is 5.26 Å². The van der Waals surface area contributed by atoms with Crippen molar-refractivity contribution in [1.82, 2.24) is 0 Å². The normalized spacial score (nSPS) is 16.3. The molecule has 0 aromatic heterocycles. The third kappa shape index (κ3) is 2.44. The SMILES string of the molecule is N#Cc1cc(Br)ccc1N1C(=O)CCCCC1=O. The highest BCUT2D eigenvalue weighted by molar-refractivity contribution is 9.10. The molecule has 4 nitrogen and oxygen atoms in total. The van der Waals surface area contributed by atoms with E-state index in [1.54, 1.807) is 18.2 Å². The van der Waals surface area contributed by atoms with Crippen LogP contribution >= 0.6 is 15.9 Å². The number of nitriles is 1. The molecule has 0 saturated carbocycles. The summed E-state index contributed by atoms with van der Waals surface area (Å²) in [6, 6.07) is 6.98. The fourth-order valence-corrected chi connectivity index (χ4v) is 2.34. The standard InChI is InChI=1S/C13H11BrN2O2/c14-10-5-6-11(9(7-10)8-15)16-12(17)3-1-2-4-13(16)18/h5-7H,1-4H2. The molecule has 1 aromatic carbocycles. The lowest BCUT2D eigenvalue weighted by atomic mass is 10.1. The van der Waals surface area contributed by atoms with Crippen LogP contribution in [-0.4, -0.2) is 11.8 Å². The number of anilines is 1. The third-order valence-corrected chi connectivity index (χ3v) is 3.34. The van der Waals surface area contributed by atoms with Gasteiger partial charge in [0.05, 0.1) is 11.3 Å². The van der Waals surface area contributed by atoms with E-state index in [-0.39, 0.29) is 11.8 Å². The van der Waals surface area contributed by atoms with Crippen molar-refractivity contribution in [2.24, 2.45) is 0 Å². The highest BCUT2D eigenvalue weighted by Crippen LogP contribution is 2.27. The van der Waals surface area contributed by atoms with Crippen LogP contribution in [-0.2, 0) is 9.59 Å². The van der Waals surface area contributed by atoms with Gasteiger partial charge in [-0.05, 0) is 31.0 Å². The Bertz CT molecular complexity index is 530. The zero-order valence-electron chi connectivity index (χ0n) is 9.65. The predicted octanol–water partition coefficient (Wildman–Crippen LogP) is 2.75. The van der Waals surface area contributed by atoms with E-state index in [9.17, 15) is 9.59 Å². The van der Waals surface area contributed by atoms with E-state index in [1.807, 2.05) is 6.07 Å². The number of carbonyl (C=O) groups excluding carboxylic acids is 2. The maximum Gasteiger partial charge on any atom is 0.233 e. The highest BCUT2D eigenvalue weighted by Gasteiger charge is 2.27. The zero-order valence-corrected chi connectivity index (χ0v) is 11.2. The van der Waals surface area contributed by atoms with Gasteiger partial charge in [-0.15, -0.1) is 0 Å². The molecule has 0 aliphatic carbocycles. The van der Waals surface area contributed by atoms with Crippen molar-refractivity contribution >= 4 is 33.4 Å². The summed E-state index contributed by atoms with van der Waals surface area (Å²) in [4.78, 5) is 25.1. The topological polar surface area (TPSA) is 61.2 Å². The van der Waals surface area contributed by atoms with E-state index >= 15 is 0 Å². The highest BCUT2D eigenvalue weighted by atomic mass is 79.9. The molecule has 2 rings (SSSR count). The second kappa shape index (κ2) is 5.32. The van der Waals surface area contributed by atoms with Crippen LogP contribution in [0.25, 0.3) is 0 Å². The molecule has 92 valence electrons. The number of nitrogens with zero attached hydrogens (tertiary/aromatic N) is 2. The second-order valence-corrected chi connectivity index (χ2v) is 5.02. The Kier molecular flexibility index (Phi) is 3.78. The number of benzene rings is 1. The molecule has 18 heavy (non-hydrogen) atoms. The van der Waals surface area contributed by atoms with Crippen molar-refractivity contribution < 1.29 is 9.59 Å². The largest absolute Gasteiger partial charge is 0.274 e. The molecule has 1 heterocycles. The van der Waals surface area contributed by atoms with Gasteiger partial charge in [-0.1, -0.05) is 15.9 Å². The van der Waals surface area contributed by atoms with Gasteiger partial charge in [-0.25, -0.2) is 4.90 Å². The van der Waals surface area contributed by atoms with Crippen LogP contribution in [0.4, 0.5) is 5.69 Å². The molecular weight excluding hydrogens is 296 g/mol. The third-order valence-electron chi connectivity index (χ3n) is 2.85. The Hall–Kier alpha value is -1.67. The van der Waals surface area contributed by atoms with Crippen LogP contribution in [0, 0.1) is 11.3 Å². The van der Waals surface area contributed by atoms with Gasteiger partial charge in [-0.3, -0.25) is 9.59 Å². The minimum absolute atomic E-state index is 0.226. The molecular formula is C13H11BrN2O2. The average molecular weight is 307 g/mol. The molecule has 1 aliphatic rings. The lowest BCUT2D eigenvalue weighted by Gasteiger charge is -2.19. The Morgan fingerprint density at radius 3 is 2.33 bits per heavy atom. The fourth-order valence-electron chi connectivity index (χ4n) is 1.98. The monoisotopic (exact) mass is 306 g/mol. The predicted molar refractivity (Wildman–Crippen MR) is 69.8 cm³/mol. The number of hydrogen-bond acceptors (Lipinski definition) is 3. The minimum atomic E-state index is -0.226. The maximum absolute atomic E-state index is 12.0. The van der Waals surface area contributed by atoms with Crippen LogP contribution < -0.4 is 4.90 Å². The molecule has 0 atom stereocenters. The lowest BCUT2D eigenvalue weighted by molar-refractivity contribution is -0.125. The van der Waals surface area contributed by atoms with Gasteiger partial charge in [0.2, 0.25) is 11.8 Å². The van der Waals surface area contributed by atoms with Gasteiger partial charge in [0.1, 0.15) is 6.07 Å². The molecule has 0 N–H and O–H groups in total. The Balaban J connectivity index is 2.49. The van der Waals surface area contributed by atoms with E-state index in [1.165, 1.54) is 0 Å². The van der Waals surface area contributed by atoms with Gasteiger partial charge >= 0.3 is 0 Å². The van der Waals surface area contributed by atoms with E-state index in [0.717, 1.165) is 22.2 Å². The Labute approximate surface area is 113 Å². The minimum Gasteiger partial charge on any atom is -0.274 e. The summed E-state index contributed by atoms with van der Waals surface area (Å²) >= 11 is 3.27. The van der Waals surface area contributed by atoms with Crippen LogP contribution in [0.1, 0.15) is 31.2 Å². The average Bonchev–Trinajstić information content (AvgIpc) is 2.51. The summed E-state index contributed by atoms with van der Waals surface area (Å²) in [6.07, 6.45) is 2.15. The summed E-state index contributed by atoms with van der Waals surface area (Å²) < 4.78 is 0.748. The first-order chi connectivity index (χ1) is 8.63. The molecule has 0 bridgehead atoms. The van der Waals surface area contributed by atoms with Gasteiger partial charge in [0.25, 0.3) is 0 Å². The van der Waals surface area contributed by atoms with Crippen molar-refractivity contribution in [2.45, 2.75) is 25.7 Å². The van der Waals surface area contributed by atoms with Crippen molar-refractivity contribution in [3.05, 3.63) is 28.2 Å². The zero-order chi connectivity index (χ0) is 13.1. The number of rotatable bonds is 1. The summed E-state index contributed by atoms with van der Waals surface area (Å²) in [5.41, 5.74) is 0.713. The molecule has 0 unspecified atom stereocenters. The van der Waals surface area contributed by atoms with Crippen LogP contribution in [0.5, 0.6) is 0 Å². The molecule has 1 saturated heterocycles. The van der Waals surface area contributed by atoms with Crippen LogP contribution in [0.2, 0.25) is 0 Å². The number of imide groups is 1. The molecule has 0 radical (unpaired) electrons. The first-order valence-corrected chi connectivity index (χ1v) is 6.48. The molecule has 0 spiro atoms. The molecule has 2 amide bonds. The van der Waals surface area contributed by atoms with Crippen LogP contribution in [0.15, 0.2) is 22.7 Å². The smallest absolute Gasteiger partial charge is 0.233 e. The number of carbonyl (C=O) groups is 2. The fraction of sp³-hybridized carbons (Fsp3) is 0.308. The number of hydrogen-bond donors (Lipinski definition) is 0. The number of amides is 2. The second-order valence-electron chi connectivity index (χ2n) is 4.10. The summed E-state index contributed by atoms with van der Waals surface area (Å²) in [7, 11) is 0. The van der Waals surface area contributed by atoms with Gasteiger partial charge < -0.3 is 0 Å². The van der Waals surface area contributed by atoms with Crippen molar-refractivity contribution in [3.8, 4) is 6.07 Å². The van der Waals surface area contributed by atoms with E-state index in [2.05, 4.69) is 15.9 Å².